The van der Waals surface area contributed by atoms with E-state index in [4.69, 9.17) is 5.21 Å². The van der Waals surface area contributed by atoms with Crippen LogP contribution in [0.4, 0.5) is 0 Å². The van der Waals surface area contributed by atoms with Crippen molar-refractivity contribution in [2.24, 2.45) is 0 Å². The van der Waals surface area contributed by atoms with E-state index in [-0.39, 0.29) is 0 Å². The molecule has 4 nitrogen and oxygen atoms in total. The van der Waals surface area contributed by atoms with Crippen molar-refractivity contribution in [1.29, 1.82) is 0 Å². The molecule has 0 fully saturated rings. The lowest BCUT2D eigenvalue weighted by Crippen LogP contribution is -2.18. The van der Waals surface area contributed by atoms with Crippen LogP contribution in [0.3, 0.4) is 0 Å². The predicted molar refractivity (Wildman–Crippen MR) is 73.0 cm³/mol. The van der Waals surface area contributed by atoms with Crippen molar-refractivity contribution in [3.63, 3.8) is 0 Å². The van der Waals surface area contributed by atoms with Gasteiger partial charge in [-0.3, -0.25) is 10.0 Å². The molecule has 1 heterocycles. The maximum Gasteiger partial charge on any atom is 0.276 e. The minimum atomic E-state index is -0.524. The summed E-state index contributed by atoms with van der Waals surface area (Å²) in [5, 5.41) is 11.0. The zero-order valence-corrected chi connectivity index (χ0v) is 10.1. The number of benzene rings is 2. The minimum Gasteiger partial charge on any atom is -0.366 e. The van der Waals surface area contributed by atoms with Crippen LogP contribution in [0.25, 0.3) is 21.9 Å². The molecule has 0 atom stereocenters. The molecular weight excluding hydrogens is 240 g/mol. The fraction of sp³-hybridized carbons (Fsp3) is 0. The number of rotatable bonds is 2. The number of hydroxylamine groups is 1. The normalized spacial score (nSPS) is 10.6. The highest BCUT2D eigenvalue weighted by molar-refractivity contribution is 6.01. The first-order valence-corrected chi connectivity index (χ1v) is 5.90. The molecule has 1 aromatic heterocycles. The number of aromatic nitrogens is 1. The van der Waals surface area contributed by atoms with E-state index in [9.17, 15) is 4.79 Å². The van der Waals surface area contributed by atoms with Crippen LogP contribution in [-0.4, -0.2) is 16.1 Å². The molecule has 19 heavy (non-hydrogen) atoms. The second kappa shape index (κ2) is 4.59. The number of carbonyl (C=O) groups is 1. The number of carbonyl (C=O) groups excluding carboxylic acids is 1. The summed E-state index contributed by atoms with van der Waals surface area (Å²) in [6, 6.07) is 14.0. The fourth-order valence-electron chi connectivity index (χ4n) is 2.21. The van der Waals surface area contributed by atoms with E-state index in [0.29, 0.717) is 5.56 Å². The van der Waals surface area contributed by atoms with Crippen LogP contribution in [0.1, 0.15) is 10.4 Å². The van der Waals surface area contributed by atoms with E-state index >= 15 is 0 Å². The van der Waals surface area contributed by atoms with Crippen LogP contribution < -0.4 is 5.48 Å². The molecule has 2 aromatic carbocycles. The van der Waals surface area contributed by atoms with Gasteiger partial charge in [0.25, 0.3) is 5.91 Å². The maximum absolute atomic E-state index is 11.6. The number of amides is 1. The SMILES string of the molecule is O=C(NO)c1c[nH]cc1-c1ccc2ccccc2c1. The lowest BCUT2D eigenvalue weighted by atomic mass is 10.0. The summed E-state index contributed by atoms with van der Waals surface area (Å²) in [6.45, 7) is 0. The molecule has 3 N–H and O–H groups in total. The summed E-state index contributed by atoms with van der Waals surface area (Å²) < 4.78 is 0. The summed E-state index contributed by atoms with van der Waals surface area (Å²) in [4.78, 5) is 14.4. The van der Waals surface area contributed by atoms with E-state index in [0.717, 1.165) is 21.9 Å². The van der Waals surface area contributed by atoms with Crippen molar-refractivity contribution in [1.82, 2.24) is 10.5 Å². The quantitative estimate of drug-likeness (QED) is 0.485. The third-order valence-electron chi connectivity index (χ3n) is 3.15. The van der Waals surface area contributed by atoms with E-state index in [1.54, 1.807) is 17.9 Å². The molecule has 94 valence electrons. The highest BCUT2D eigenvalue weighted by Crippen LogP contribution is 2.27. The lowest BCUT2D eigenvalue weighted by molar-refractivity contribution is 0.0707. The van der Waals surface area contributed by atoms with E-state index < -0.39 is 5.91 Å². The van der Waals surface area contributed by atoms with Crippen LogP contribution in [0, 0.1) is 0 Å². The van der Waals surface area contributed by atoms with Crippen molar-refractivity contribution in [2.45, 2.75) is 0 Å². The van der Waals surface area contributed by atoms with Gasteiger partial charge in [-0.05, 0) is 22.4 Å². The molecule has 0 unspecified atom stereocenters. The van der Waals surface area contributed by atoms with E-state index in [2.05, 4.69) is 4.98 Å². The Labute approximate surface area is 109 Å². The van der Waals surface area contributed by atoms with Gasteiger partial charge in [0.1, 0.15) is 0 Å². The minimum absolute atomic E-state index is 0.415. The van der Waals surface area contributed by atoms with Gasteiger partial charge >= 0.3 is 0 Å². The monoisotopic (exact) mass is 252 g/mol. The number of hydrogen-bond acceptors (Lipinski definition) is 2. The third-order valence-corrected chi connectivity index (χ3v) is 3.15. The number of nitrogens with one attached hydrogen (secondary N) is 2. The molecule has 0 saturated carbocycles. The van der Waals surface area contributed by atoms with E-state index in [1.807, 2.05) is 42.5 Å². The molecule has 0 radical (unpaired) electrons. The largest absolute Gasteiger partial charge is 0.366 e. The summed E-state index contributed by atoms with van der Waals surface area (Å²) in [5.74, 6) is -0.524. The van der Waals surface area contributed by atoms with Gasteiger partial charge in [-0.2, -0.15) is 0 Å². The van der Waals surface area contributed by atoms with Gasteiger partial charge in [0, 0.05) is 18.0 Å². The highest BCUT2D eigenvalue weighted by atomic mass is 16.5. The third kappa shape index (κ3) is 1.98. The first-order valence-electron chi connectivity index (χ1n) is 5.90. The first kappa shape index (κ1) is 11.5. The smallest absolute Gasteiger partial charge is 0.276 e. The molecular formula is C15H12N2O2. The molecule has 0 aliphatic carbocycles. The van der Waals surface area contributed by atoms with Gasteiger partial charge in [-0.25, -0.2) is 5.48 Å². The summed E-state index contributed by atoms with van der Waals surface area (Å²) in [6.07, 6.45) is 3.31. The first-order chi connectivity index (χ1) is 9.29. The molecule has 0 bridgehead atoms. The number of fused-ring (bicyclic) bond motifs is 1. The van der Waals surface area contributed by atoms with E-state index in [1.165, 1.54) is 0 Å². The van der Waals surface area contributed by atoms with Crippen molar-refractivity contribution in [2.75, 3.05) is 0 Å². The standard InChI is InChI=1S/C15H12N2O2/c18-15(17-19)14-9-16-8-13(14)12-6-5-10-3-1-2-4-11(10)7-12/h1-9,16,19H,(H,17,18). The number of H-pyrrole nitrogens is 1. The molecule has 0 aliphatic heterocycles. The Hall–Kier alpha value is -2.59. The number of hydrogen-bond donors (Lipinski definition) is 3. The average Bonchev–Trinajstić information content (AvgIpc) is 2.95. The Bertz CT molecular complexity index is 746. The van der Waals surface area contributed by atoms with Crippen molar-refractivity contribution in [3.8, 4) is 11.1 Å². The second-order valence-electron chi connectivity index (χ2n) is 4.29. The van der Waals surface area contributed by atoms with Crippen LogP contribution in [0.2, 0.25) is 0 Å². The van der Waals surface area contributed by atoms with Crippen molar-refractivity contribution >= 4 is 16.7 Å². The number of aromatic amines is 1. The summed E-state index contributed by atoms with van der Waals surface area (Å²) >= 11 is 0. The van der Waals surface area contributed by atoms with Gasteiger partial charge in [0.05, 0.1) is 5.56 Å². The molecule has 4 heteroatoms. The average molecular weight is 252 g/mol. The Morgan fingerprint density at radius 1 is 1.05 bits per heavy atom. The van der Waals surface area contributed by atoms with Gasteiger partial charge in [-0.1, -0.05) is 36.4 Å². The van der Waals surface area contributed by atoms with Crippen LogP contribution >= 0.6 is 0 Å². The zero-order chi connectivity index (χ0) is 13.2. The van der Waals surface area contributed by atoms with Gasteiger partial charge in [-0.15, -0.1) is 0 Å². The van der Waals surface area contributed by atoms with Gasteiger partial charge in [0.2, 0.25) is 0 Å². The molecule has 1 amide bonds. The second-order valence-corrected chi connectivity index (χ2v) is 4.29. The molecule has 3 rings (SSSR count). The highest BCUT2D eigenvalue weighted by Gasteiger charge is 2.13. The van der Waals surface area contributed by atoms with Crippen LogP contribution in [-0.2, 0) is 0 Å². The summed E-state index contributed by atoms with van der Waals surface area (Å²) in [5.41, 5.74) is 3.76. The lowest BCUT2D eigenvalue weighted by Gasteiger charge is -2.04. The zero-order valence-electron chi connectivity index (χ0n) is 10.1. The molecule has 3 aromatic rings. The Morgan fingerprint density at radius 3 is 2.63 bits per heavy atom. The predicted octanol–water partition coefficient (Wildman–Crippen LogP) is 2.95. The molecule has 0 saturated heterocycles. The Kier molecular flexibility index (Phi) is 2.78. The van der Waals surface area contributed by atoms with Crippen LogP contribution in [0.15, 0.2) is 54.9 Å². The van der Waals surface area contributed by atoms with Gasteiger partial charge in [0.15, 0.2) is 0 Å². The maximum atomic E-state index is 11.6. The van der Waals surface area contributed by atoms with Gasteiger partial charge < -0.3 is 4.98 Å². The topological polar surface area (TPSA) is 65.1 Å². The fourth-order valence-corrected chi connectivity index (χ4v) is 2.21. The molecule has 0 spiro atoms. The van der Waals surface area contributed by atoms with Crippen molar-refractivity contribution in [3.05, 3.63) is 60.4 Å². The van der Waals surface area contributed by atoms with Crippen molar-refractivity contribution < 1.29 is 10.0 Å². The Morgan fingerprint density at radius 2 is 1.84 bits per heavy atom. The van der Waals surface area contributed by atoms with Crippen LogP contribution in [0.5, 0.6) is 0 Å². The molecule has 0 aliphatic rings. The summed E-state index contributed by atoms with van der Waals surface area (Å²) in [7, 11) is 0. The Balaban J connectivity index is 2.14.